The van der Waals surface area contributed by atoms with Crippen LogP contribution in [0.2, 0.25) is 0 Å². The van der Waals surface area contributed by atoms with Gasteiger partial charge < -0.3 is 5.73 Å². The topological polar surface area (TPSA) is 32.5 Å². The maximum atomic E-state index is 6.16. The van der Waals surface area contributed by atoms with Crippen molar-refractivity contribution in [3.05, 3.63) is 0 Å². The minimum atomic E-state index is 0.358. The number of nitrogens with two attached hydrogens (primary N) is 1. The van der Waals surface area contributed by atoms with E-state index in [9.17, 15) is 0 Å². The lowest BCUT2D eigenvalue weighted by Gasteiger charge is -2.57. The van der Waals surface area contributed by atoms with Gasteiger partial charge in [0.15, 0.2) is 0 Å². The Morgan fingerprint density at radius 2 is 1.65 bits per heavy atom. The van der Waals surface area contributed by atoms with Gasteiger partial charge in [-0.25, -0.2) is 0 Å². The SMILES string of the molecule is CC(C)C1CC(CN)(N2CCN(C3CCCC3)CC2)C1. The highest BCUT2D eigenvalue weighted by molar-refractivity contribution is 5.05. The van der Waals surface area contributed by atoms with Crippen LogP contribution in [-0.2, 0) is 0 Å². The van der Waals surface area contributed by atoms with Gasteiger partial charge >= 0.3 is 0 Å². The zero-order valence-corrected chi connectivity index (χ0v) is 13.5. The van der Waals surface area contributed by atoms with Gasteiger partial charge in [0.05, 0.1) is 0 Å². The summed E-state index contributed by atoms with van der Waals surface area (Å²) in [6.45, 7) is 10.6. The van der Waals surface area contributed by atoms with Crippen LogP contribution in [0.3, 0.4) is 0 Å². The minimum absolute atomic E-state index is 0.358. The van der Waals surface area contributed by atoms with Crippen LogP contribution in [0.5, 0.6) is 0 Å². The van der Waals surface area contributed by atoms with Crippen LogP contribution in [-0.4, -0.2) is 54.1 Å². The van der Waals surface area contributed by atoms with Crippen molar-refractivity contribution in [2.45, 2.75) is 64.0 Å². The number of nitrogens with zero attached hydrogens (tertiary/aromatic N) is 2. The molecule has 0 radical (unpaired) electrons. The molecule has 0 aromatic carbocycles. The van der Waals surface area contributed by atoms with E-state index in [0.29, 0.717) is 5.54 Å². The van der Waals surface area contributed by atoms with E-state index in [-0.39, 0.29) is 0 Å². The number of piperazine rings is 1. The summed E-state index contributed by atoms with van der Waals surface area (Å²) in [6.07, 6.45) is 8.46. The summed E-state index contributed by atoms with van der Waals surface area (Å²) >= 11 is 0. The second-order valence-electron chi connectivity index (χ2n) is 7.80. The lowest BCUT2D eigenvalue weighted by atomic mass is 9.63. The lowest BCUT2D eigenvalue weighted by Crippen LogP contribution is -2.66. The molecule has 1 aliphatic heterocycles. The summed E-state index contributed by atoms with van der Waals surface area (Å²) in [4.78, 5) is 5.49. The molecule has 2 saturated carbocycles. The van der Waals surface area contributed by atoms with Gasteiger partial charge in [-0.1, -0.05) is 26.7 Å². The van der Waals surface area contributed by atoms with Crippen molar-refractivity contribution >= 4 is 0 Å². The van der Waals surface area contributed by atoms with Gasteiger partial charge in [0, 0.05) is 44.3 Å². The van der Waals surface area contributed by atoms with E-state index in [1.165, 1.54) is 64.7 Å². The van der Waals surface area contributed by atoms with Crippen molar-refractivity contribution in [3.63, 3.8) is 0 Å². The molecule has 2 aliphatic carbocycles. The van der Waals surface area contributed by atoms with Crippen molar-refractivity contribution in [1.82, 2.24) is 9.80 Å². The van der Waals surface area contributed by atoms with E-state index < -0.39 is 0 Å². The van der Waals surface area contributed by atoms with Crippen LogP contribution >= 0.6 is 0 Å². The first kappa shape index (κ1) is 14.8. The Hall–Kier alpha value is -0.120. The Kier molecular flexibility index (Phi) is 4.40. The van der Waals surface area contributed by atoms with Crippen LogP contribution in [0.4, 0.5) is 0 Å². The molecule has 0 aromatic rings. The summed E-state index contributed by atoms with van der Waals surface area (Å²) < 4.78 is 0. The maximum Gasteiger partial charge on any atom is 0.0338 e. The van der Waals surface area contributed by atoms with E-state index in [1.807, 2.05) is 0 Å². The molecule has 116 valence electrons. The molecular weight excluding hydrogens is 246 g/mol. The van der Waals surface area contributed by atoms with Gasteiger partial charge in [0.2, 0.25) is 0 Å². The van der Waals surface area contributed by atoms with Gasteiger partial charge in [0.25, 0.3) is 0 Å². The molecular formula is C17H33N3. The van der Waals surface area contributed by atoms with Gasteiger partial charge in [-0.05, 0) is 37.5 Å². The van der Waals surface area contributed by atoms with E-state index in [4.69, 9.17) is 5.73 Å². The van der Waals surface area contributed by atoms with E-state index in [0.717, 1.165) is 24.4 Å². The van der Waals surface area contributed by atoms with Crippen LogP contribution < -0.4 is 5.73 Å². The Morgan fingerprint density at radius 1 is 1.05 bits per heavy atom. The molecule has 3 heteroatoms. The second-order valence-corrected chi connectivity index (χ2v) is 7.80. The van der Waals surface area contributed by atoms with Crippen molar-refractivity contribution in [2.75, 3.05) is 32.7 Å². The summed E-state index contributed by atoms with van der Waals surface area (Å²) in [6, 6.07) is 0.899. The molecule has 0 bridgehead atoms. The van der Waals surface area contributed by atoms with E-state index in [2.05, 4.69) is 23.6 Å². The third kappa shape index (κ3) is 2.65. The minimum Gasteiger partial charge on any atom is -0.329 e. The van der Waals surface area contributed by atoms with E-state index in [1.54, 1.807) is 0 Å². The average molecular weight is 279 g/mol. The van der Waals surface area contributed by atoms with Gasteiger partial charge in [0.1, 0.15) is 0 Å². The molecule has 3 nitrogen and oxygen atoms in total. The van der Waals surface area contributed by atoms with Crippen LogP contribution in [0.1, 0.15) is 52.4 Å². The molecule has 3 fully saturated rings. The van der Waals surface area contributed by atoms with Crippen molar-refractivity contribution in [1.29, 1.82) is 0 Å². The molecule has 20 heavy (non-hydrogen) atoms. The Bertz CT molecular complexity index is 308. The predicted molar refractivity (Wildman–Crippen MR) is 84.7 cm³/mol. The standard InChI is InChI=1S/C17H33N3/c1-14(2)15-11-17(12-15,13-18)20-9-7-19(8-10-20)16-5-3-4-6-16/h14-16H,3-13,18H2,1-2H3. The predicted octanol–water partition coefficient (Wildman–Crippen LogP) is 2.31. The number of hydrogen-bond acceptors (Lipinski definition) is 3. The second kappa shape index (κ2) is 5.94. The molecule has 1 heterocycles. The van der Waals surface area contributed by atoms with Crippen molar-refractivity contribution in [3.8, 4) is 0 Å². The number of rotatable bonds is 4. The van der Waals surface area contributed by atoms with E-state index >= 15 is 0 Å². The average Bonchev–Trinajstić information content (AvgIpc) is 2.92. The molecule has 0 aromatic heterocycles. The zero-order valence-electron chi connectivity index (χ0n) is 13.5. The third-order valence-electron chi connectivity index (χ3n) is 6.43. The fourth-order valence-electron chi connectivity index (χ4n) is 4.77. The molecule has 3 rings (SSSR count). The first-order chi connectivity index (χ1) is 9.64. The van der Waals surface area contributed by atoms with Gasteiger partial charge in [-0.3, -0.25) is 9.80 Å². The zero-order chi connectivity index (χ0) is 14.2. The summed E-state index contributed by atoms with van der Waals surface area (Å²) in [5.41, 5.74) is 6.52. The Balaban J connectivity index is 1.52. The monoisotopic (exact) mass is 279 g/mol. The highest BCUT2D eigenvalue weighted by Crippen LogP contribution is 2.45. The largest absolute Gasteiger partial charge is 0.329 e. The first-order valence-electron chi connectivity index (χ1n) is 8.84. The van der Waals surface area contributed by atoms with Crippen molar-refractivity contribution < 1.29 is 0 Å². The first-order valence-corrected chi connectivity index (χ1v) is 8.84. The van der Waals surface area contributed by atoms with Crippen LogP contribution in [0.25, 0.3) is 0 Å². The Morgan fingerprint density at radius 3 is 2.15 bits per heavy atom. The van der Waals surface area contributed by atoms with Crippen LogP contribution in [0.15, 0.2) is 0 Å². The van der Waals surface area contributed by atoms with Crippen molar-refractivity contribution in [2.24, 2.45) is 17.6 Å². The van der Waals surface area contributed by atoms with Gasteiger partial charge in [-0.15, -0.1) is 0 Å². The smallest absolute Gasteiger partial charge is 0.0338 e. The highest BCUT2D eigenvalue weighted by Gasteiger charge is 2.48. The molecule has 3 aliphatic rings. The number of hydrogen-bond donors (Lipinski definition) is 1. The quantitative estimate of drug-likeness (QED) is 0.857. The summed E-state index contributed by atoms with van der Waals surface area (Å²) in [5.74, 6) is 1.74. The van der Waals surface area contributed by atoms with Gasteiger partial charge in [-0.2, -0.15) is 0 Å². The maximum absolute atomic E-state index is 6.16. The molecule has 2 N–H and O–H groups in total. The highest BCUT2D eigenvalue weighted by atomic mass is 15.3. The Labute approximate surface area is 124 Å². The third-order valence-corrected chi connectivity index (χ3v) is 6.43. The lowest BCUT2D eigenvalue weighted by molar-refractivity contribution is -0.0617. The molecule has 0 unspecified atom stereocenters. The molecule has 0 atom stereocenters. The van der Waals surface area contributed by atoms with Crippen LogP contribution in [0, 0.1) is 11.8 Å². The fourth-order valence-corrected chi connectivity index (χ4v) is 4.77. The summed E-state index contributed by atoms with van der Waals surface area (Å²) in [5, 5.41) is 0. The molecule has 0 amide bonds. The normalized spacial score (nSPS) is 37.5. The molecule has 0 spiro atoms. The molecule has 1 saturated heterocycles. The summed E-state index contributed by atoms with van der Waals surface area (Å²) in [7, 11) is 0. The fraction of sp³-hybridized carbons (Fsp3) is 1.00.